The zero-order valence-corrected chi connectivity index (χ0v) is 14.5. The number of aryl methyl sites for hydroxylation is 1. The highest BCUT2D eigenvalue weighted by Gasteiger charge is 2.32. The molecular weight excluding hydrogens is 351 g/mol. The van der Waals surface area contributed by atoms with E-state index in [0.717, 1.165) is 49.5 Å². The van der Waals surface area contributed by atoms with Gasteiger partial charge in [-0.3, -0.25) is 4.79 Å². The number of nitrogens with one attached hydrogen (secondary N) is 1. The average Bonchev–Trinajstić information content (AvgIpc) is 3.01. The van der Waals surface area contributed by atoms with Gasteiger partial charge in [-0.1, -0.05) is 0 Å². The van der Waals surface area contributed by atoms with Crippen LogP contribution in [0.4, 0.5) is 24.5 Å². The van der Waals surface area contributed by atoms with E-state index in [0.29, 0.717) is 10.6 Å². The molecule has 1 aliphatic heterocycles. The van der Waals surface area contributed by atoms with Crippen molar-refractivity contribution in [2.24, 2.45) is 0 Å². The van der Waals surface area contributed by atoms with Crippen molar-refractivity contribution >= 4 is 28.6 Å². The molecule has 1 aromatic heterocycles. The summed E-state index contributed by atoms with van der Waals surface area (Å²) in [4.78, 5) is 18.8. The van der Waals surface area contributed by atoms with Crippen LogP contribution in [-0.4, -0.2) is 24.0 Å². The number of aromatic nitrogens is 1. The van der Waals surface area contributed by atoms with Gasteiger partial charge in [-0.2, -0.15) is 13.2 Å². The predicted octanol–water partition coefficient (Wildman–Crippen LogP) is 4.71. The van der Waals surface area contributed by atoms with Crippen LogP contribution in [0.5, 0.6) is 0 Å². The molecule has 4 nitrogen and oxygen atoms in total. The highest BCUT2D eigenvalue weighted by molar-refractivity contribution is 7.13. The topological polar surface area (TPSA) is 45.2 Å². The van der Waals surface area contributed by atoms with Gasteiger partial charge in [0.15, 0.2) is 0 Å². The van der Waals surface area contributed by atoms with Crippen LogP contribution in [0.2, 0.25) is 0 Å². The third-order valence-electron chi connectivity index (χ3n) is 4.11. The van der Waals surface area contributed by atoms with E-state index in [9.17, 15) is 18.0 Å². The molecule has 25 heavy (non-hydrogen) atoms. The zero-order chi connectivity index (χ0) is 18.0. The maximum atomic E-state index is 13.1. The summed E-state index contributed by atoms with van der Waals surface area (Å²) < 4.78 is 39.2. The van der Waals surface area contributed by atoms with E-state index in [2.05, 4.69) is 10.3 Å². The SMILES string of the molecule is Cc1ncc(C(=O)Nc2cc(C(F)(F)F)ccc2N2CCCCC2)s1. The van der Waals surface area contributed by atoms with Crippen molar-refractivity contribution in [1.82, 2.24) is 4.98 Å². The Labute approximate surface area is 147 Å². The largest absolute Gasteiger partial charge is 0.416 e. The summed E-state index contributed by atoms with van der Waals surface area (Å²) in [6.07, 6.45) is 0.0638. The molecule has 134 valence electrons. The summed E-state index contributed by atoms with van der Waals surface area (Å²) >= 11 is 1.21. The van der Waals surface area contributed by atoms with Crippen LogP contribution in [0.3, 0.4) is 0 Å². The lowest BCUT2D eigenvalue weighted by molar-refractivity contribution is -0.137. The van der Waals surface area contributed by atoms with Crippen LogP contribution in [0.25, 0.3) is 0 Å². The zero-order valence-electron chi connectivity index (χ0n) is 13.7. The van der Waals surface area contributed by atoms with Gasteiger partial charge in [0.2, 0.25) is 0 Å². The summed E-state index contributed by atoms with van der Waals surface area (Å²) in [5.41, 5.74) is 0.0408. The fraction of sp³-hybridized carbons (Fsp3) is 0.412. The van der Waals surface area contributed by atoms with E-state index in [1.807, 2.05) is 4.90 Å². The smallest absolute Gasteiger partial charge is 0.370 e. The van der Waals surface area contributed by atoms with Crippen molar-refractivity contribution in [3.8, 4) is 0 Å². The third kappa shape index (κ3) is 4.12. The lowest BCUT2D eigenvalue weighted by Gasteiger charge is -2.31. The van der Waals surface area contributed by atoms with Gasteiger partial charge in [0, 0.05) is 13.1 Å². The molecule has 0 bridgehead atoms. The number of hydrogen-bond acceptors (Lipinski definition) is 4. The summed E-state index contributed by atoms with van der Waals surface area (Å²) in [5, 5.41) is 3.37. The van der Waals surface area contributed by atoms with Crippen molar-refractivity contribution in [2.45, 2.75) is 32.4 Å². The second-order valence-electron chi connectivity index (χ2n) is 5.98. The second-order valence-corrected chi connectivity index (χ2v) is 7.21. The van der Waals surface area contributed by atoms with Crippen molar-refractivity contribution < 1.29 is 18.0 Å². The summed E-state index contributed by atoms with van der Waals surface area (Å²) in [6, 6.07) is 3.52. The fourth-order valence-electron chi connectivity index (χ4n) is 2.87. The molecular formula is C17H18F3N3OS. The van der Waals surface area contributed by atoms with Crippen LogP contribution in [0, 0.1) is 6.92 Å². The molecule has 1 aliphatic rings. The Kier molecular flexibility index (Phi) is 4.99. The van der Waals surface area contributed by atoms with Crippen LogP contribution in [0.15, 0.2) is 24.4 Å². The second kappa shape index (κ2) is 7.03. The van der Waals surface area contributed by atoms with Crippen LogP contribution in [0.1, 0.15) is 39.5 Å². The minimum atomic E-state index is -4.46. The number of carbonyl (C=O) groups excluding carboxylic acids is 1. The fourth-order valence-corrected chi connectivity index (χ4v) is 3.55. The molecule has 1 amide bonds. The monoisotopic (exact) mass is 369 g/mol. The third-order valence-corrected chi connectivity index (χ3v) is 5.03. The van der Waals surface area contributed by atoms with Gasteiger partial charge < -0.3 is 10.2 Å². The highest BCUT2D eigenvalue weighted by atomic mass is 32.1. The van der Waals surface area contributed by atoms with E-state index in [4.69, 9.17) is 0 Å². The average molecular weight is 369 g/mol. The van der Waals surface area contributed by atoms with E-state index >= 15 is 0 Å². The van der Waals surface area contributed by atoms with Crippen molar-refractivity contribution in [3.63, 3.8) is 0 Å². The van der Waals surface area contributed by atoms with Gasteiger partial charge in [-0.15, -0.1) is 11.3 Å². The number of halogens is 3. The Morgan fingerprint density at radius 3 is 2.56 bits per heavy atom. The number of piperidine rings is 1. The molecule has 0 radical (unpaired) electrons. The molecule has 2 aromatic rings. The molecule has 0 saturated carbocycles. The van der Waals surface area contributed by atoms with Gasteiger partial charge in [-0.05, 0) is 44.4 Å². The van der Waals surface area contributed by atoms with Crippen LogP contribution < -0.4 is 10.2 Å². The van der Waals surface area contributed by atoms with Crippen LogP contribution >= 0.6 is 11.3 Å². The highest BCUT2D eigenvalue weighted by Crippen LogP contribution is 2.36. The first kappa shape index (κ1) is 17.7. The molecule has 3 rings (SSSR count). The Morgan fingerprint density at radius 1 is 1.24 bits per heavy atom. The Bertz CT molecular complexity index is 767. The molecule has 2 heterocycles. The van der Waals surface area contributed by atoms with E-state index in [1.54, 1.807) is 6.92 Å². The van der Waals surface area contributed by atoms with E-state index < -0.39 is 17.6 Å². The quantitative estimate of drug-likeness (QED) is 0.852. The molecule has 0 aliphatic carbocycles. The first-order valence-corrected chi connectivity index (χ1v) is 8.86. The Morgan fingerprint density at radius 2 is 1.96 bits per heavy atom. The van der Waals surface area contributed by atoms with Gasteiger partial charge in [0.1, 0.15) is 4.88 Å². The lowest BCUT2D eigenvalue weighted by Crippen LogP contribution is -2.30. The number of nitrogens with zero attached hydrogens (tertiary/aromatic N) is 2. The van der Waals surface area contributed by atoms with Crippen molar-refractivity contribution in [1.29, 1.82) is 0 Å². The Balaban J connectivity index is 1.93. The van der Waals surface area contributed by atoms with Gasteiger partial charge in [0.25, 0.3) is 5.91 Å². The van der Waals surface area contributed by atoms with Crippen molar-refractivity contribution in [3.05, 3.63) is 39.8 Å². The first-order chi connectivity index (χ1) is 11.8. The number of amides is 1. The maximum absolute atomic E-state index is 13.1. The number of rotatable bonds is 3. The first-order valence-electron chi connectivity index (χ1n) is 8.04. The van der Waals surface area contributed by atoms with Gasteiger partial charge in [0.05, 0.1) is 28.1 Å². The molecule has 1 fully saturated rings. The van der Waals surface area contributed by atoms with Gasteiger partial charge in [-0.25, -0.2) is 4.98 Å². The van der Waals surface area contributed by atoms with Crippen LogP contribution in [-0.2, 0) is 6.18 Å². The lowest BCUT2D eigenvalue weighted by atomic mass is 10.1. The molecule has 0 unspecified atom stereocenters. The number of carbonyl (C=O) groups is 1. The Hall–Kier alpha value is -2.09. The molecule has 1 aromatic carbocycles. The molecule has 8 heteroatoms. The summed E-state index contributed by atoms with van der Waals surface area (Å²) in [7, 11) is 0. The van der Waals surface area contributed by atoms with E-state index in [-0.39, 0.29) is 5.69 Å². The van der Waals surface area contributed by atoms with Gasteiger partial charge >= 0.3 is 6.18 Å². The van der Waals surface area contributed by atoms with E-state index in [1.165, 1.54) is 23.6 Å². The number of anilines is 2. The molecule has 0 atom stereocenters. The normalized spacial score (nSPS) is 15.3. The minimum Gasteiger partial charge on any atom is -0.370 e. The number of benzene rings is 1. The molecule has 1 saturated heterocycles. The minimum absolute atomic E-state index is 0.188. The summed E-state index contributed by atoms with van der Waals surface area (Å²) in [5.74, 6) is -0.441. The molecule has 0 spiro atoms. The standard InChI is InChI=1S/C17H18F3N3OS/c1-11-21-10-15(25-11)16(24)22-13-9-12(17(18,19)20)5-6-14(13)23-7-3-2-4-8-23/h5-6,9-10H,2-4,7-8H2,1H3,(H,22,24). The van der Waals surface area contributed by atoms with Crippen molar-refractivity contribution in [2.75, 3.05) is 23.3 Å². The number of alkyl halides is 3. The number of thiazole rings is 1. The molecule has 1 N–H and O–H groups in total. The number of hydrogen-bond donors (Lipinski definition) is 1. The summed E-state index contributed by atoms with van der Waals surface area (Å²) in [6.45, 7) is 3.31. The maximum Gasteiger partial charge on any atom is 0.416 e. The predicted molar refractivity (Wildman–Crippen MR) is 92.3 cm³/mol.